The molecule has 0 saturated heterocycles. The molecule has 1 aliphatic rings. The monoisotopic (exact) mass is 289 g/mol. The standard InChI is InChI=1S/C15H19N3OS/c16-11-5-3-4-10(11)15(19)17-9-8-14-18-12-6-1-2-7-13(12)20-14/h1-2,6-7,10-11H,3-5,8-9,16H2,(H,17,19). The Kier molecular flexibility index (Phi) is 3.98. The van der Waals surface area contributed by atoms with Crippen molar-refractivity contribution in [2.45, 2.75) is 31.7 Å². The van der Waals surface area contributed by atoms with Gasteiger partial charge in [0.1, 0.15) is 0 Å². The van der Waals surface area contributed by atoms with Gasteiger partial charge in [-0.1, -0.05) is 18.6 Å². The van der Waals surface area contributed by atoms with Crippen LogP contribution in [0.5, 0.6) is 0 Å². The summed E-state index contributed by atoms with van der Waals surface area (Å²) >= 11 is 1.69. The molecule has 1 fully saturated rings. The van der Waals surface area contributed by atoms with Crippen molar-refractivity contribution in [3.05, 3.63) is 29.3 Å². The molecule has 5 heteroatoms. The third-order valence-electron chi connectivity index (χ3n) is 3.88. The molecule has 4 nitrogen and oxygen atoms in total. The number of nitrogens with one attached hydrogen (secondary N) is 1. The first kappa shape index (κ1) is 13.5. The normalized spacial score (nSPS) is 22.2. The first-order valence-electron chi connectivity index (χ1n) is 7.12. The fourth-order valence-electron chi connectivity index (χ4n) is 2.76. The van der Waals surface area contributed by atoms with E-state index in [-0.39, 0.29) is 17.9 Å². The van der Waals surface area contributed by atoms with Crippen LogP contribution in [0.25, 0.3) is 10.2 Å². The van der Waals surface area contributed by atoms with Gasteiger partial charge in [-0.3, -0.25) is 4.79 Å². The molecule has 0 radical (unpaired) electrons. The molecule has 1 saturated carbocycles. The zero-order valence-electron chi connectivity index (χ0n) is 11.3. The van der Waals surface area contributed by atoms with Crippen molar-refractivity contribution < 1.29 is 4.79 Å². The van der Waals surface area contributed by atoms with Crippen LogP contribution in [0.4, 0.5) is 0 Å². The van der Waals surface area contributed by atoms with Crippen LogP contribution in [0.15, 0.2) is 24.3 Å². The van der Waals surface area contributed by atoms with E-state index in [9.17, 15) is 4.79 Å². The number of hydrogen-bond acceptors (Lipinski definition) is 4. The summed E-state index contributed by atoms with van der Waals surface area (Å²) in [4.78, 5) is 16.6. The molecule has 1 aromatic carbocycles. The number of fused-ring (bicyclic) bond motifs is 1. The third-order valence-corrected chi connectivity index (χ3v) is 4.98. The molecule has 1 aromatic heterocycles. The lowest BCUT2D eigenvalue weighted by Crippen LogP contribution is -2.39. The second-order valence-corrected chi connectivity index (χ2v) is 6.43. The second kappa shape index (κ2) is 5.89. The molecule has 20 heavy (non-hydrogen) atoms. The first-order chi connectivity index (χ1) is 9.74. The van der Waals surface area contributed by atoms with Crippen LogP contribution in [0.1, 0.15) is 24.3 Å². The molecule has 1 heterocycles. The van der Waals surface area contributed by atoms with E-state index in [0.717, 1.165) is 36.2 Å². The van der Waals surface area contributed by atoms with E-state index in [4.69, 9.17) is 5.73 Å². The minimum absolute atomic E-state index is 0.00497. The van der Waals surface area contributed by atoms with Gasteiger partial charge in [-0.05, 0) is 25.0 Å². The van der Waals surface area contributed by atoms with Crippen LogP contribution in [-0.4, -0.2) is 23.5 Å². The summed E-state index contributed by atoms with van der Waals surface area (Å²) in [6, 6.07) is 8.15. The van der Waals surface area contributed by atoms with Gasteiger partial charge in [0.2, 0.25) is 5.91 Å². The number of carbonyl (C=O) groups is 1. The highest BCUT2D eigenvalue weighted by atomic mass is 32.1. The molecule has 0 spiro atoms. The number of amides is 1. The SMILES string of the molecule is NC1CCCC1C(=O)NCCc1nc2ccccc2s1. The Labute approximate surface area is 122 Å². The van der Waals surface area contributed by atoms with Crippen LogP contribution in [-0.2, 0) is 11.2 Å². The lowest BCUT2D eigenvalue weighted by atomic mass is 10.0. The molecular weight excluding hydrogens is 270 g/mol. The average molecular weight is 289 g/mol. The number of rotatable bonds is 4. The molecule has 2 atom stereocenters. The minimum atomic E-state index is 0.00497. The van der Waals surface area contributed by atoms with E-state index in [0.29, 0.717) is 6.54 Å². The molecule has 2 unspecified atom stereocenters. The van der Waals surface area contributed by atoms with Gasteiger partial charge in [0.05, 0.1) is 21.1 Å². The third kappa shape index (κ3) is 2.83. The maximum absolute atomic E-state index is 12.0. The topological polar surface area (TPSA) is 68.0 Å². The second-order valence-electron chi connectivity index (χ2n) is 5.32. The van der Waals surface area contributed by atoms with E-state index >= 15 is 0 Å². The van der Waals surface area contributed by atoms with E-state index in [1.54, 1.807) is 11.3 Å². The van der Waals surface area contributed by atoms with E-state index < -0.39 is 0 Å². The molecule has 0 aliphatic heterocycles. The molecule has 0 bridgehead atoms. The van der Waals surface area contributed by atoms with Crippen LogP contribution >= 0.6 is 11.3 Å². The number of benzene rings is 1. The Morgan fingerprint density at radius 2 is 2.25 bits per heavy atom. The molecule has 3 rings (SSSR count). The number of nitrogens with zero attached hydrogens (tertiary/aromatic N) is 1. The van der Waals surface area contributed by atoms with Crippen molar-refractivity contribution in [1.29, 1.82) is 0 Å². The molecule has 3 N–H and O–H groups in total. The van der Waals surface area contributed by atoms with Crippen LogP contribution in [0.3, 0.4) is 0 Å². The van der Waals surface area contributed by atoms with Crippen molar-refractivity contribution in [3.8, 4) is 0 Å². The van der Waals surface area contributed by atoms with Gasteiger partial charge in [-0.15, -0.1) is 11.3 Å². The minimum Gasteiger partial charge on any atom is -0.355 e. The Balaban J connectivity index is 1.53. The van der Waals surface area contributed by atoms with Gasteiger partial charge in [-0.25, -0.2) is 4.98 Å². The summed E-state index contributed by atoms with van der Waals surface area (Å²) in [5.41, 5.74) is 6.98. The number of carbonyl (C=O) groups excluding carboxylic acids is 1. The number of thiazole rings is 1. The zero-order valence-corrected chi connectivity index (χ0v) is 12.2. The maximum Gasteiger partial charge on any atom is 0.224 e. The van der Waals surface area contributed by atoms with E-state index in [2.05, 4.69) is 16.4 Å². The van der Waals surface area contributed by atoms with Crippen molar-refractivity contribution in [2.75, 3.05) is 6.54 Å². The van der Waals surface area contributed by atoms with Crippen LogP contribution in [0, 0.1) is 5.92 Å². The fraction of sp³-hybridized carbons (Fsp3) is 0.467. The van der Waals surface area contributed by atoms with Crippen LogP contribution < -0.4 is 11.1 Å². The van der Waals surface area contributed by atoms with Gasteiger partial charge in [0.15, 0.2) is 0 Å². The highest BCUT2D eigenvalue weighted by Crippen LogP contribution is 2.24. The average Bonchev–Trinajstić information content (AvgIpc) is 3.04. The van der Waals surface area contributed by atoms with Gasteiger partial charge >= 0.3 is 0 Å². The zero-order chi connectivity index (χ0) is 13.9. The van der Waals surface area contributed by atoms with Gasteiger partial charge in [0.25, 0.3) is 0 Å². The number of nitrogens with two attached hydrogens (primary N) is 1. The predicted molar refractivity (Wildman–Crippen MR) is 81.7 cm³/mol. The lowest BCUT2D eigenvalue weighted by molar-refractivity contribution is -0.125. The summed E-state index contributed by atoms with van der Waals surface area (Å²) in [6.07, 6.45) is 3.74. The number of hydrogen-bond donors (Lipinski definition) is 2. The predicted octanol–water partition coefficient (Wildman–Crippen LogP) is 2.08. The maximum atomic E-state index is 12.0. The van der Waals surface area contributed by atoms with E-state index in [1.807, 2.05) is 18.2 Å². The van der Waals surface area contributed by atoms with Crippen molar-refractivity contribution >= 4 is 27.5 Å². The fourth-order valence-corrected chi connectivity index (χ4v) is 3.73. The summed E-state index contributed by atoms with van der Waals surface area (Å²) < 4.78 is 1.20. The molecule has 2 aromatic rings. The Bertz CT molecular complexity index is 577. The van der Waals surface area contributed by atoms with Gasteiger partial charge < -0.3 is 11.1 Å². The highest BCUT2D eigenvalue weighted by molar-refractivity contribution is 7.18. The Morgan fingerprint density at radius 1 is 1.40 bits per heavy atom. The Hall–Kier alpha value is -1.46. The Morgan fingerprint density at radius 3 is 3.00 bits per heavy atom. The number of para-hydroxylation sites is 1. The van der Waals surface area contributed by atoms with Gasteiger partial charge in [-0.2, -0.15) is 0 Å². The largest absolute Gasteiger partial charge is 0.355 e. The van der Waals surface area contributed by atoms with Crippen molar-refractivity contribution in [3.63, 3.8) is 0 Å². The smallest absolute Gasteiger partial charge is 0.224 e. The van der Waals surface area contributed by atoms with Crippen molar-refractivity contribution in [1.82, 2.24) is 10.3 Å². The van der Waals surface area contributed by atoms with Gasteiger partial charge in [0, 0.05) is 19.0 Å². The summed E-state index contributed by atoms with van der Waals surface area (Å²) in [6.45, 7) is 0.641. The lowest BCUT2D eigenvalue weighted by Gasteiger charge is -2.14. The van der Waals surface area contributed by atoms with Crippen LogP contribution in [0.2, 0.25) is 0 Å². The van der Waals surface area contributed by atoms with E-state index in [1.165, 1.54) is 4.70 Å². The van der Waals surface area contributed by atoms with Crippen molar-refractivity contribution in [2.24, 2.45) is 11.7 Å². The summed E-state index contributed by atoms with van der Waals surface area (Å²) in [7, 11) is 0. The first-order valence-corrected chi connectivity index (χ1v) is 7.93. The highest BCUT2D eigenvalue weighted by Gasteiger charge is 2.29. The molecule has 1 amide bonds. The summed E-state index contributed by atoms with van der Waals surface area (Å²) in [5.74, 6) is 0.112. The quantitative estimate of drug-likeness (QED) is 0.905. The summed E-state index contributed by atoms with van der Waals surface area (Å²) in [5, 5.41) is 4.07. The molecular formula is C15H19N3OS. The number of aromatic nitrogens is 1. The molecule has 1 aliphatic carbocycles. The molecule has 106 valence electrons.